The number of rotatable bonds is 4. The van der Waals surface area contributed by atoms with Gasteiger partial charge in [0.1, 0.15) is 6.07 Å². The van der Waals surface area contributed by atoms with E-state index >= 15 is 0 Å². The van der Waals surface area contributed by atoms with Crippen LogP contribution in [0.3, 0.4) is 0 Å². The maximum atomic E-state index is 9.17. The molecular weight excluding hydrogens is 324 g/mol. The second-order valence-corrected chi connectivity index (χ2v) is 6.90. The van der Waals surface area contributed by atoms with Crippen LogP contribution >= 0.6 is 0 Å². The quantitative estimate of drug-likeness (QED) is 0.723. The van der Waals surface area contributed by atoms with Gasteiger partial charge >= 0.3 is 0 Å². The summed E-state index contributed by atoms with van der Waals surface area (Å²) in [5.74, 6) is 0.893. The number of nitriles is 1. The number of nitrogens with one attached hydrogen (secondary N) is 2. The first-order chi connectivity index (χ1) is 12.5. The Kier molecular flexibility index (Phi) is 4.81. The van der Waals surface area contributed by atoms with Crippen LogP contribution in [0, 0.1) is 11.3 Å². The summed E-state index contributed by atoms with van der Waals surface area (Å²) in [7, 11) is 0. The van der Waals surface area contributed by atoms with Crippen LogP contribution in [0.2, 0.25) is 0 Å². The normalized spacial score (nSPS) is 10.8. The number of aromatic nitrogens is 3. The minimum atomic E-state index is 0.111. The Morgan fingerprint density at radius 2 is 1.69 bits per heavy atom. The van der Waals surface area contributed by atoms with Crippen LogP contribution in [0.5, 0.6) is 0 Å². The first kappa shape index (κ1) is 17.4. The third-order valence-electron chi connectivity index (χ3n) is 3.88. The fourth-order valence-electron chi connectivity index (χ4n) is 2.43. The van der Waals surface area contributed by atoms with Crippen LogP contribution in [-0.2, 0) is 5.41 Å². The molecule has 3 aromatic rings. The van der Waals surface area contributed by atoms with E-state index in [2.05, 4.69) is 64.8 Å². The van der Waals surface area contributed by atoms with Crippen molar-refractivity contribution in [3.8, 4) is 6.07 Å². The van der Waals surface area contributed by atoms with Gasteiger partial charge in [-0.3, -0.25) is 0 Å². The molecule has 0 saturated carbocycles. The lowest BCUT2D eigenvalue weighted by Gasteiger charge is -2.19. The van der Waals surface area contributed by atoms with Gasteiger partial charge in [-0.05, 0) is 35.2 Å². The molecular formula is C20H20N6. The molecule has 0 aliphatic heterocycles. The van der Waals surface area contributed by atoms with Crippen molar-refractivity contribution in [3.05, 3.63) is 65.9 Å². The highest BCUT2D eigenvalue weighted by Crippen LogP contribution is 2.25. The highest BCUT2D eigenvalue weighted by Gasteiger charge is 2.13. The molecule has 0 fully saturated rings. The Morgan fingerprint density at radius 3 is 2.38 bits per heavy atom. The molecule has 1 aromatic heterocycles. The minimum Gasteiger partial charge on any atom is -0.339 e. The fourth-order valence-corrected chi connectivity index (χ4v) is 2.43. The molecule has 2 N–H and O–H groups in total. The largest absolute Gasteiger partial charge is 0.339 e. The number of para-hydroxylation sites is 1. The number of hydrogen-bond acceptors (Lipinski definition) is 6. The molecule has 0 unspecified atom stereocenters. The van der Waals surface area contributed by atoms with Crippen LogP contribution in [0.25, 0.3) is 0 Å². The smallest absolute Gasteiger partial charge is 0.249 e. The van der Waals surface area contributed by atoms with Gasteiger partial charge in [-0.15, -0.1) is 5.10 Å². The molecule has 0 spiro atoms. The van der Waals surface area contributed by atoms with Gasteiger partial charge in [0.15, 0.2) is 5.82 Å². The van der Waals surface area contributed by atoms with Crippen molar-refractivity contribution in [2.45, 2.75) is 26.2 Å². The second kappa shape index (κ2) is 7.19. The van der Waals surface area contributed by atoms with E-state index in [9.17, 15) is 0 Å². The van der Waals surface area contributed by atoms with Gasteiger partial charge in [0.25, 0.3) is 0 Å². The van der Waals surface area contributed by atoms with Crippen molar-refractivity contribution in [1.82, 2.24) is 15.2 Å². The monoisotopic (exact) mass is 344 g/mol. The van der Waals surface area contributed by atoms with Crippen molar-refractivity contribution in [1.29, 1.82) is 5.26 Å². The van der Waals surface area contributed by atoms with Crippen LogP contribution in [0.1, 0.15) is 31.9 Å². The Morgan fingerprint density at radius 1 is 0.962 bits per heavy atom. The first-order valence-corrected chi connectivity index (χ1v) is 8.29. The topological polar surface area (TPSA) is 86.5 Å². The summed E-state index contributed by atoms with van der Waals surface area (Å²) in [6.07, 6.45) is 1.55. The average molecular weight is 344 g/mol. The van der Waals surface area contributed by atoms with Crippen molar-refractivity contribution in [2.24, 2.45) is 0 Å². The molecule has 0 aliphatic carbocycles. The molecule has 0 saturated heterocycles. The lowest BCUT2D eigenvalue weighted by Crippen LogP contribution is -2.10. The van der Waals surface area contributed by atoms with E-state index in [4.69, 9.17) is 5.26 Å². The van der Waals surface area contributed by atoms with Gasteiger partial charge in [-0.2, -0.15) is 15.3 Å². The van der Waals surface area contributed by atoms with E-state index < -0.39 is 0 Å². The standard InChI is InChI=1S/C20H20N6/c1-20(2,3)15-8-10-16(11-9-15)23-18-13-22-26-19(25-18)24-17-7-5-4-6-14(17)12-21/h4-11,13H,1-3H3,(H2,23,24,25,26). The zero-order valence-electron chi connectivity index (χ0n) is 15.0. The molecule has 0 bridgehead atoms. The Balaban J connectivity index is 1.76. The Labute approximate surface area is 152 Å². The van der Waals surface area contributed by atoms with E-state index in [1.54, 1.807) is 18.3 Å². The summed E-state index contributed by atoms with van der Waals surface area (Å²) in [4.78, 5) is 4.40. The van der Waals surface area contributed by atoms with Gasteiger partial charge in [0.2, 0.25) is 5.95 Å². The molecule has 2 aromatic carbocycles. The zero-order valence-corrected chi connectivity index (χ0v) is 15.0. The number of benzene rings is 2. The van der Waals surface area contributed by atoms with Gasteiger partial charge < -0.3 is 10.6 Å². The number of anilines is 4. The van der Waals surface area contributed by atoms with Crippen LogP contribution in [0.4, 0.5) is 23.1 Å². The molecule has 130 valence electrons. The molecule has 6 nitrogen and oxygen atoms in total. The average Bonchev–Trinajstić information content (AvgIpc) is 2.62. The van der Waals surface area contributed by atoms with Gasteiger partial charge in [-0.1, -0.05) is 45.0 Å². The molecule has 0 aliphatic rings. The van der Waals surface area contributed by atoms with E-state index in [0.717, 1.165) is 5.69 Å². The van der Waals surface area contributed by atoms with Crippen molar-refractivity contribution in [2.75, 3.05) is 10.6 Å². The number of nitrogens with zero attached hydrogens (tertiary/aromatic N) is 4. The molecule has 3 rings (SSSR count). The highest BCUT2D eigenvalue weighted by molar-refractivity contribution is 5.64. The number of hydrogen-bond donors (Lipinski definition) is 2. The summed E-state index contributed by atoms with van der Waals surface area (Å²) >= 11 is 0. The Hall–Kier alpha value is -3.46. The van der Waals surface area contributed by atoms with Crippen LogP contribution in [-0.4, -0.2) is 15.2 Å². The fraction of sp³-hybridized carbons (Fsp3) is 0.200. The van der Waals surface area contributed by atoms with Crippen molar-refractivity contribution >= 4 is 23.1 Å². The lowest BCUT2D eigenvalue weighted by atomic mass is 9.87. The third kappa shape index (κ3) is 4.14. The molecule has 26 heavy (non-hydrogen) atoms. The summed E-state index contributed by atoms with van der Waals surface area (Å²) < 4.78 is 0. The molecule has 0 amide bonds. The van der Waals surface area contributed by atoms with Crippen LogP contribution < -0.4 is 10.6 Å². The minimum absolute atomic E-state index is 0.111. The van der Waals surface area contributed by atoms with Gasteiger partial charge in [0.05, 0.1) is 17.4 Å². The maximum absolute atomic E-state index is 9.17. The van der Waals surface area contributed by atoms with E-state index in [-0.39, 0.29) is 5.41 Å². The first-order valence-electron chi connectivity index (χ1n) is 8.29. The highest BCUT2D eigenvalue weighted by atomic mass is 15.3. The van der Waals surface area contributed by atoms with E-state index in [1.165, 1.54) is 5.56 Å². The van der Waals surface area contributed by atoms with Gasteiger partial charge in [0, 0.05) is 5.69 Å². The zero-order chi connectivity index (χ0) is 18.6. The van der Waals surface area contributed by atoms with Crippen molar-refractivity contribution < 1.29 is 0 Å². The van der Waals surface area contributed by atoms with Crippen LogP contribution in [0.15, 0.2) is 54.7 Å². The molecule has 1 heterocycles. The van der Waals surface area contributed by atoms with Gasteiger partial charge in [-0.25, -0.2) is 0 Å². The molecule has 0 atom stereocenters. The predicted molar refractivity (Wildman–Crippen MR) is 103 cm³/mol. The summed E-state index contributed by atoms with van der Waals surface area (Å²) in [6, 6.07) is 17.5. The maximum Gasteiger partial charge on any atom is 0.249 e. The lowest BCUT2D eigenvalue weighted by molar-refractivity contribution is 0.590. The summed E-state index contributed by atoms with van der Waals surface area (Å²) in [5, 5.41) is 23.4. The SMILES string of the molecule is CC(C)(C)c1ccc(Nc2cnnc(Nc3ccccc3C#N)n2)cc1. The van der Waals surface area contributed by atoms with E-state index in [0.29, 0.717) is 23.0 Å². The summed E-state index contributed by atoms with van der Waals surface area (Å²) in [6.45, 7) is 6.54. The molecule has 6 heteroatoms. The Bertz CT molecular complexity index is 936. The third-order valence-corrected chi connectivity index (χ3v) is 3.88. The van der Waals surface area contributed by atoms with E-state index in [1.807, 2.05) is 24.3 Å². The molecule has 0 radical (unpaired) electrons. The predicted octanol–water partition coefficient (Wildman–Crippen LogP) is 4.53. The van der Waals surface area contributed by atoms with Crippen molar-refractivity contribution in [3.63, 3.8) is 0 Å². The second-order valence-electron chi connectivity index (χ2n) is 6.90. The summed E-state index contributed by atoms with van der Waals surface area (Å²) in [5.41, 5.74) is 3.46.